The van der Waals surface area contributed by atoms with Gasteiger partial charge >= 0.3 is 11.9 Å². The van der Waals surface area contributed by atoms with E-state index in [0.29, 0.717) is 19.3 Å². The van der Waals surface area contributed by atoms with Crippen LogP contribution in [0.4, 0.5) is 0 Å². The van der Waals surface area contributed by atoms with Crippen molar-refractivity contribution in [3.05, 3.63) is 0 Å². The molecule has 0 heterocycles. The maximum atomic E-state index is 11.1. The van der Waals surface area contributed by atoms with Gasteiger partial charge in [-0.3, -0.25) is 9.59 Å². The van der Waals surface area contributed by atoms with E-state index in [1.165, 1.54) is 0 Å². The van der Waals surface area contributed by atoms with E-state index in [4.69, 9.17) is 15.1 Å². The molecule has 0 aromatic carbocycles. The highest BCUT2D eigenvalue weighted by molar-refractivity contribution is 5.69. The molecular weight excluding hydrogens is 222 g/mol. The first-order chi connectivity index (χ1) is 8.16. The van der Waals surface area contributed by atoms with Gasteiger partial charge in [-0.1, -0.05) is 18.3 Å². The monoisotopic (exact) mass is 237 g/mol. The zero-order valence-corrected chi connectivity index (χ0v) is 9.57. The number of nitrogens with zero attached hydrogens (tertiary/aromatic N) is 1. The maximum Gasteiger partial charge on any atom is 0.306 e. The highest BCUT2D eigenvalue weighted by Crippen LogP contribution is 2.03. The predicted molar refractivity (Wildman–Crippen MR) is 59.7 cm³/mol. The molecule has 1 N–H and O–H groups in total. The highest BCUT2D eigenvalue weighted by Gasteiger charge is 2.02. The van der Waals surface area contributed by atoms with E-state index in [1.54, 1.807) is 0 Å². The summed E-state index contributed by atoms with van der Waals surface area (Å²) in [7, 11) is 0. The number of unbranched alkanes of at least 4 members (excludes halogenated alkanes) is 2. The van der Waals surface area contributed by atoms with Crippen molar-refractivity contribution in [2.75, 3.05) is 6.61 Å². The van der Waals surface area contributed by atoms with E-state index in [2.05, 4.69) is 11.8 Å². The second-order valence-electron chi connectivity index (χ2n) is 3.30. The largest absolute Gasteiger partial charge is 0.481 e. The Labute approximate surface area is 100 Å². The van der Waals surface area contributed by atoms with Gasteiger partial charge in [0.25, 0.3) is 0 Å². The third-order valence-corrected chi connectivity index (χ3v) is 1.87. The fourth-order valence-electron chi connectivity index (χ4n) is 1.06. The van der Waals surface area contributed by atoms with Crippen molar-refractivity contribution >= 4 is 11.9 Å². The number of rotatable bonds is 7. The van der Waals surface area contributed by atoms with E-state index in [0.717, 1.165) is 0 Å². The van der Waals surface area contributed by atoms with Gasteiger partial charge in [-0.05, 0) is 12.8 Å². The number of aliphatic carboxylic acids is 1. The summed E-state index contributed by atoms with van der Waals surface area (Å²) in [5.41, 5.74) is 0. The summed E-state index contributed by atoms with van der Waals surface area (Å²) in [5.74, 6) is 3.91. The summed E-state index contributed by atoms with van der Waals surface area (Å²) in [6.45, 7) is 0.00956. The third-order valence-electron chi connectivity index (χ3n) is 1.87. The normalized spacial score (nSPS) is 8.65. The molecule has 0 saturated carbocycles. The van der Waals surface area contributed by atoms with E-state index in [9.17, 15) is 9.59 Å². The number of ether oxygens (including phenoxy) is 1. The molecule has 17 heavy (non-hydrogen) atoms. The smallest absolute Gasteiger partial charge is 0.306 e. The van der Waals surface area contributed by atoms with Gasteiger partial charge in [0.1, 0.15) is 0 Å². The molecule has 0 bridgehead atoms. The van der Waals surface area contributed by atoms with Gasteiger partial charge in [-0.15, -0.1) is 0 Å². The second-order valence-corrected chi connectivity index (χ2v) is 3.30. The number of hydrogen-bond acceptors (Lipinski definition) is 4. The summed E-state index contributed by atoms with van der Waals surface area (Å²) in [6, 6.07) is 1.85. The molecule has 0 atom stereocenters. The Kier molecular flexibility index (Phi) is 9.26. The molecule has 0 radical (unpaired) electrons. The molecule has 0 unspecified atom stereocenters. The summed E-state index contributed by atoms with van der Waals surface area (Å²) < 4.78 is 4.78. The summed E-state index contributed by atoms with van der Waals surface area (Å²) in [4.78, 5) is 21.3. The van der Waals surface area contributed by atoms with Crippen LogP contribution >= 0.6 is 0 Å². The van der Waals surface area contributed by atoms with Crippen molar-refractivity contribution in [3.8, 4) is 17.9 Å². The van der Waals surface area contributed by atoms with Crippen LogP contribution < -0.4 is 0 Å². The first kappa shape index (κ1) is 15.0. The second kappa shape index (κ2) is 10.5. The van der Waals surface area contributed by atoms with Crippen molar-refractivity contribution in [1.82, 2.24) is 0 Å². The first-order valence-corrected chi connectivity index (χ1v) is 5.37. The SMILES string of the molecule is N#CCC#CCOC(=O)CCCCCC(=O)O. The average Bonchev–Trinajstić information content (AvgIpc) is 2.28. The van der Waals surface area contributed by atoms with Crippen LogP contribution in [0.3, 0.4) is 0 Å². The van der Waals surface area contributed by atoms with Gasteiger partial charge in [0.15, 0.2) is 6.61 Å². The molecule has 92 valence electrons. The van der Waals surface area contributed by atoms with Crippen molar-refractivity contribution in [3.63, 3.8) is 0 Å². The lowest BCUT2D eigenvalue weighted by Crippen LogP contribution is -2.04. The predicted octanol–water partition coefficient (Wildman–Crippen LogP) is 1.48. The van der Waals surface area contributed by atoms with Crippen molar-refractivity contribution in [2.45, 2.75) is 38.5 Å². The van der Waals surface area contributed by atoms with Crippen LogP contribution in [0.25, 0.3) is 0 Å². The van der Waals surface area contributed by atoms with Crippen LogP contribution in [0.1, 0.15) is 38.5 Å². The van der Waals surface area contributed by atoms with Gasteiger partial charge in [0.05, 0.1) is 12.5 Å². The minimum absolute atomic E-state index is 0.00956. The Hall–Kier alpha value is -2.01. The number of carbonyl (C=O) groups is 2. The van der Waals surface area contributed by atoms with E-state index in [1.807, 2.05) is 6.07 Å². The van der Waals surface area contributed by atoms with Crippen LogP contribution in [0.15, 0.2) is 0 Å². The molecule has 0 aliphatic carbocycles. The van der Waals surface area contributed by atoms with Crippen molar-refractivity contribution in [1.29, 1.82) is 5.26 Å². The molecule has 0 aliphatic heterocycles. The topological polar surface area (TPSA) is 87.4 Å². The Morgan fingerprint density at radius 3 is 2.47 bits per heavy atom. The van der Waals surface area contributed by atoms with Gasteiger partial charge < -0.3 is 9.84 Å². The Morgan fingerprint density at radius 1 is 1.12 bits per heavy atom. The molecule has 0 amide bonds. The molecule has 0 spiro atoms. The van der Waals surface area contributed by atoms with Gasteiger partial charge in [-0.25, -0.2) is 0 Å². The minimum atomic E-state index is -0.819. The van der Waals surface area contributed by atoms with Crippen molar-refractivity contribution in [2.24, 2.45) is 0 Å². The molecular formula is C12H15NO4. The van der Waals surface area contributed by atoms with Gasteiger partial charge in [0.2, 0.25) is 0 Å². The number of esters is 1. The maximum absolute atomic E-state index is 11.1. The van der Waals surface area contributed by atoms with E-state index < -0.39 is 5.97 Å². The number of carboxylic acid groups (broad SMARTS) is 1. The molecule has 0 saturated heterocycles. The minimum Gasteiger partial charge on any atom is -0.481 e. The fraction of sp³-hybridized carbons (Fsp3) is 0.583. The summed E-state index contributed by atoms with van der Waals surface area (Å²) >= 11 is 0. The molecule has 0 rings (SSSR count). The summed E-state index contributed by atoms with van der Waals surface area (Å²) in [6.07, 6.45) is 2.44. The number of nitriles is 1. The highest BCUT2D eigenvalue weighted by atomic mass is 16.5. The van der Waals surface area contributed by atoms with E-state index >= 15 is 0 Å². The molecule has 0 fully saturated rings. The fourth-order valence-corrected chi connectivity index (χ4v) is 1.06. The lowest BCUT2D eigenvalue weighted by atomic mass is 10.1. The Bertz CT molecular complexity index is 346. The third kappa shape index (κ3) is 11.9. The van der Waals surface area contributed by atoms with Crippen LogP contribution in [-0.4, -0.2) is 23.7 Å². The zero-order chi connectivity index (χ0) is 12.9. The lowest BCUT2D eigenvalue weighted by Gasteiger charge is -2.00. The van der Waals surface area contributed by atoms with Crippen LogP contribution in [0.2, 0.25) is 0 Å². The van der Waals surface area contributed by atoms with Crippen LogP contribution in [0.5, 0.6) is 0 Å². The molecule has 0 aliphatic rings. The van der Waals surface area contributed by atoms with Crippen molar-refractivity contribution < 1.29 is 19.4 Å². The average molecular weight is 237 g/mol. The molecule has 0 aromatic heterocycles. The standard InChI is InChI=1S/C12H15NO4/c13-9-5-2-6-10-17-12(16)8-4-1-3-7-11(14)15/h1,3-5,7-8,10H2,(H,14,15). The molecule has 0 aromatic rings. The Morgan fingerprint density at radius 2 is 1.82 bits per heavy atom. The van der Waals surface area contributed by atoms with E-state index in [-0.39, 0.29) is 31.8 Å². The van der Waals surface area contributed by atoms with Crippen LogP contribution in [-0.2, 0) is 14.3 Å². The molecule has 5 nitrogen and oxygen atoms in total. The molecule has 5 heteroatoms. The van der Waals surface area contributed by atoms with Crippen LogP contribution in [0, 0.1) is 23.2 Å². The first-order valence-electron chi connectivity index (χ1n) is 5.37. The van der Waals surface area contributed by atoms with Gasteiger partial charge in [0, 0.05) is 12.8 Å². The van der Waals surface area contributed by atoms with Gasteiger partial charge in [-0.2, -0.15) is 5.26 Å². The summed E-state index contributed by atoms with van der Waals surface area (Å²) in [5, 5.41) is 16.6. The Balaban J connectivity index is 3.39. The zero-order valence-electron chi connectivity index (χ0n) is 9.57. The number of carboxylic acids is 1. The number of carbonyl (C=O) groups excluding carboxylic acids is 1. The number of hydrogen-bond donors (Lipinski definition) is 1. The quantitative estimate of drug-likeness (QED) is 0.411. The lowest BCUT2D eigenvalue weighted by molar-refractivity contribution is -0.142.